The Hall–Kier alpha value is -3.18. The molecule has 2 aromatic carbocycles. The maximum atomic E-state index is 5.35. The number of ether oxygens (including phenoxy) is 1. The number of thiazole rings is 1. The number of benzene rings is 2. The summed E-state index contributed by atoms with van der Waals surface area (Å²) < 4.78 is 8.56. The number of aromatic nitrogens is 3. The van der Waals surface area contributed by atoms with Gasteiger partial charge in [-0.1, -0.05) is 36.4 Å². The van der Waals surface area contributed by atoms with Crippen molar-refractivity contribution >= 4 is 27.2 Å². The summed E-state index contributed by atoms with van der Waals surface area (Å²) in [5.74, 6) is 0.842. The summed E-state index contributed by atoms with van der Waals surface area (Å²) in [4.78, 5) is 9.74. The Morgan fingerprint density at radius 2 is 1.77 bits per heavy atom. The third-order valence-electron chi connectivity index (χ3n) is 4.38. The van der Waals surface area contributed by atoms with Crippen LogP contribution >= 0.6 is 11.3 Å². The zero-order valence-corrected chi connectivity index (χ0v) is 14.9. The molecule has 0 spiro atoms. The summed E-state index contributed by atoms with van der Waals surface area (Å²) in [7, 11) is 1.68. The lowest BCUT2D eigenvalue weighted by Gasteiger charge is -2.02. The maximum absolute atomic E-state index is 5.35. The van der Waals surface area contributed by atoms with E-state index >= 15 is 0 Å². The zero-order chi connectivity index (χ0) is 17.5. The summed E-state index contributed by atoms with van der Waals surface area (Å²) in [6.07, 6.45) is 2.04. The van der Waals surface area contributed by atoms with Gasteiger partial charge in [0.15, 0.2) is 0 Å². The van der Waals surface area contributed by atoms with Crippen molar-refractivity contribution in [1.29, 1.82) is 0 Å². The molecule has 0 saturated carbocycles. The average molecular weight is 357 g/mol. The van der Waals surface area contributed by atoms with E-state index in [1.807, 2.05) is 60.8 Å². The molecule has 5 rings (SSSR count). The van der Waals surface area contributed by atoms with Crippen LogP contribution in [0.3, 0.4) is 0 Å². The Labute approximate surface area is 154 Å². The van der Waals surface area contributed by atoms with Gasteiger partial charge in [0.1, 0.15) is 22.1 Å². The fourth-order valence-corrected chi connectivity index (χ4v) is 4.17. The van der Waals surface area contributed by atoms with Crippen molar-refractivity contribution in [2.45, 2.75) is 0 Å². The van der Waals surface area contributed by atoms with Crippen LogP contribution in [-0.4, -0.2) is 21.5 Å². The van der Waals surface area contributed by atoms with Crippen LogP contribution < -0.4 is 4.74 Å². The molecule has 0 aliphatic heterocycles. The predicted molar refractivity (Wildman–Crippen MR) is 106 cm³/mol. The first-order chi connectivity index (χ1) is 12.8. The van der Waals surface area contributed by atoms with E-state index in [1.54, 1.807) is 18.4 Å². The smallest absolute Gasteiger partial charge is 0.143 e. The number of fused-ring (bicyclic) bond motifs is 2. The van der Waals surface area contributed by atoms with Crippen molar-refractivity contribution < 1.29 is 4.74 Å². The molecular formula is C21H15N3OS. The number of pyridine rings is 1. The van der Waals surface area contributed by atoms with Crippen LogP contribution in [-0.2, 0) is 0 Å². The SMILES string of the molecule is COc1ccc2nc(-c3c(-c4ccccc4)nc4ccccn34)sc2c1. The highest BCUT2D eigenvalue weighted by Gasteiger charge is 2.19. The van der Waals surface area contributed by atoms with Gasteiger partial charge in [0.25, 0.3) is 0 Å². The van der Waals surface area contributed by atoms with Gasteiger partial charge >= 0.3 is 0 Å². The summed E-state index contributed by atoms with van der Waals surface area (Å²) >= 11 is 1.66. The van der Waals surface area contributed by atoms with Gasteiger partial charge in [-0.2, -0.15) is 0 Å². The van der Waals surface area contributed by atoms with Crippen LogP contribution in [0.4, 0.5) is 0 Å². The van der Waals surface area contributed by atoms with Gasteiger partial charge in [-0.3, -0.25) is 4.40 Å². The molecule has 0 amide bonds. The molecular weight excluding hydrogens is 342 g/mol. The Balaban J connectivity index is 1.80. The van der Waals surface area contributed by atoms with Crippen molar-refractivity contribution in [1.82, 2.24) is 14.4 Å². The summed E-state index contributed by atoms with van der Waals surface area (Å²) in [5, 5.41) is 0.950. The fraction of sp³-hybridized carbons (Fsp3) is 0.0476. The maximum Gasteiger partial charge on any atom is 0.143 e. The monoisotopic (exact) mass is 357 g/mol. The molecule has 5 aromatic rings. The van der Waals surface area contributed by atoms with E-state index in [-0.39, 0.29) is 0 Å². The van der Waals surface area contributed by atoms with Crippen molar-refractivity contribution in [2.75, 3.05) is 7.11 Å². The summed E-state index contributed by atoms with van der Waals surface area (Å²) in [6, 6.07) is 22.3. The van der Waals surface area contributed by atoms with E-state index in [2.05, 4.69) is 16.5 Å². The summed E-state index contributed by atoms with van der Waals surface area (Å²) in [6.45, 7) is 0. The molecule has 0 N–H and O–H groups in total. The number of hydrogen-bond donors (Lipinski definition) is 0. The van der Waals surface area contributed by atoms with Crippen molar-refractivity contribution in [3.8, 4) is 27.7 Å². The Bertz CT molecular complexity index is 1220. The van der Waals surface area contributed by atoms with E-state index in [0.29, 0.717) is 0 Å². The third-order valence-corrected chi connectivity index (χ3v) is 5.40. The number of rotatable bonds is 3. The van der Waals surface area contributed by atoms with Gasteiger partial charge in [0, 0.05) is 11.8 Å². The molecule has 0 aliphatic carbocycles. The minimum Gasteiger partial charge on any atom is -0.497 e. The second kappa shape index (κ2) is 5.97. The lowest BCUT2D eigenvalue weighted by Crippen LogP contribution is -1.88. The molecule has 3 aromatic heterocycles. The van der Waals surface area contributed by atoms with Crippen LogP contribution in [0.1, 0.15) is 0 Å². The molecule has 0 saturated heterocycles. The summed E-state index contributed by atoms with van der Waals surface area (Å²) in [5.41, 5.74) is 4.94. The van der Waals surface area contributed by atoms with Crippen LogP contribution in [0.2, 0.25) is 0 Å². The molecule has 126 valence electrons. The Morgan fingerprint density at radius 3 is 2.62 bits per heavy atom. The Kier molecular flexibility index (Phi) is 3.47. The predicted octanol–water partition coefficient (Wildman–Crippen LogP) is 5.29. The second-order valence-electron chi connectivity index (χ2n) is 5.96. The molecule has 26 heavy (non-hydrogen) atoms. The molecule has 0 unspecified atom stereocenters. The number of methoxy groups -OCH3 is 1. The van der Waals surface area contributed by atoms with E-state index in [4.69, 9.17) is 14.7 Å². The van der Waals surface area contributed by atoms with E-state index in [9.17, 15) is 0 Å². The minimum absolute atomic E-state index is 0.842. The Morgan fingerprint density at radius 1 is 0.923 bits per heavy atom. The van der Waals surface area contributed by atoms with Gasteiger partial charge in [-0.05, 0) is 30.3 Å². The minimum atomic E-state index is 0.842. The van der Waals surface area contributed by atoms with E-state index < -0.39 is 0 Å². The third kappa shape index (κ3) is 2.36. The highest BCUT2D eigenvalue weighted by Crippen LogP contribution is 2.37. The van der Waals surface area contributed by atoms with Gasteiger partial charge in [-0.15, -0.1) is 11.3 Å². The highest BCUT2D eigenvalue weighted by atomic mass is 32.1. The molecule has 3 heterocycles. The first-order valence-corrected chi connectivity index (χ1v) is 9.12. The van der Waals surface area contributed by atoms with Gasteiger partial charge in [0.2, 0.25) is 0 Å². The lowest BCUT2D eigenvalue weighted by molar-refractivity contribution is 0.415. The number of nitrogens with zero attached hydrogens (tertiary/aromatic N) is 3. The van der Waals surface area contributed by atoms with Crippen LogP contribution in [0.15, 0.2) is 72.9 Å². The van der Waals surface area contributed by atoms with Crippen LogP contribution in [0.25, 0.3) is 37.8 Å². The molecule has 0 radical (unpaired) electrons. The molecule has 0 fully saturated rings. The number of imidazole rings is 1. The molecule has 0 atom stereocenters. The van der Waals surface area contributed by atoms with Crippen LogP contribution in [0.5, 0.6) is 5.75 Å². The van der Waals surface area contributed by atoms with E-state index in [1.165, 1.54) is 0 Å². The van der Waals surface area contributed by atoms with Crippen molar-refractivity contribution in [3.63, 3.8) is 0 Å². The van der Waals surface area contributed by atoms with Crippen molar-refractivity contribution in [2.24, 2.45) is 0 Å². The zero-order valence-electron chi connectivity index (χ0n) is 14.1. The molecule has 0 aliphatic rings. The quantitative estimate of drug-likeness (QED) is 0.441. The normalized spacial score (nSPS) is 11.3. The average Bonchev–Trinajstić information content (AvgIpc) is 3.28. The molecule has 0 bridgehead atoms. The second-order valence-corrected chi connectivity index (χ2v) is 6.99. The highest BCUT2D eigenvalue weighted by molar-refractivity contribution is 7.21. The first-order valence-electron chi connectivity index (χ1n) is 8.31. The lowest BCUT2D eigenvalue weighted by atomic mass is 10.1. The standard InChI is InChI=1S/C21H15N3OS/c1-25-15-10-11-16-17(13-15)26-21(22-16)20-19(14-7-3-2-4-8-14)23-18-9-5-6-12-24(18)20/h2-13H,1H3. The number of hydrogen-bond acceptors (Lipinski definition) is 4. The largest absolute Gasteiger partial charge is 0.497 e. The molecule has 4 nitrogen and oxygen atoms in total. The van der Waals surface area contributed by atoms with E-state index in [0.717, 1.165) is 43.6 Å². The van der Waals surface area contributed by atoms with Crippen LogP contribution in [0, 0.1) is 0 Å². The first kappa shape index (κ1) is 15.1. The van der Waals surface area contributed by atoms with Crippen molar-refractivity contribution in [3.05, 3.63) is 72.9 Å². The fourth-order valence-electron chi connectivity index (χ4n) is 3.13. The van der Waals surface area contributed by atoms with Gasteiger partial charge in [-0.25, -0.2) is 9.97 Å². The van der Waals surface area contributed by atoms with Gasteiger partial charge < -0.3 is 4.74 Å². The molecule has 5 heteroatoms. The topological polar surface area (TPSA) is 39.4 Å². The van der Waals surface area contributed by atoms with Gasteiger partial charge in [0.05, 0.1) is 23.0 Å².